The lowest BCUT2D eigenvalue weighted by Gasteiger charge is -2.26. The van der Waals surface area contributed by atoms with Gasteiger partial charge in [-0.25, -0.2) is 0 Å². The molecule has 5 heteroatoms. The van der Waals surface area contributed by atoms with Gasteiger partial charge in [0.15, 0.2) is 5.82 Å². The van der Waals surface area contributed by atoms with E-state index in [9.17, 15) is 0 Å². The first-order chi connectivity index (χ1) is 7.15. The number of nitriles is 1. The Bertz CT molecular complexity index is 338. The third kappa shape index (κ3) is 3.09. The van der Waals surface area contributed by atoms with E-state index in [0.29, 0.717) is 18.8 Å². The van der Waals surface area contributed by atoms with Gasteiger partial charge in [-0.15, -0.1) is 10.2 Å². The van der Waals surface area contributed by atoms with E-state index in [1.807, 2.05) is 11.0 Å². The van der Waals surface area contributed by atoms with Gasteiger partial charge in [0.2, 0.25) is 0 Å². The second kappa shape index (κ2) is 5.15. The molecule has 1 aromatic heterocycles. The number of anilines is 2. The predicted octanol–water partition coefficient (Wildman–Crippen LogP) is 1.19. The van der Waals surface area contributed by atoms with Crippen LogP contribution in [0.4, 0.5) is 11.6 Å². The molecule has 1 rings (SSSR count). The highest BCUT2D eigenvalue weighted by atomic mass is 15.3. The van der Waals surface area contributed by atoms with Gasteiger partial charge in [-0.05, 0) is 26.0 Å². The lowest BCUT2D eigenvalue weighted by Crippen LogP contribution is -2.32. The Hall–Kier alpha value is -1.83. The largest absolute Gasteiger partial charge is 0.382 e. The van der Waals surface area contributed by atoms with Crippen LogP contribution in [-0.2, 0) is 0 Å². The molecule has 0 unspecified atom stereocenters. The van der Waals surface area contributed by atoms with E-state index in [0.717, 1.165) is 5.82 Å². The number of rotatable bonds is 4. The van der Waals surface area contributed by atoms with Crippen molar-refractivity contribution >= 4 is 11.6 Å². The minimum Gasteiger partial charge on any atom is -0.382 e. The summed E-state index contributed by atoms with van der Waals surface area (Å²) < 4.78 is 0. The summed E-state index contributed by atoms with van der Waals surface area (Å²) in [5, 5.41) is 16.3. The zero-order valence-corrected chi connectivity index (χ0v) is 9.01. The van der Waals surface area contributed by atoms with Crippen LogP contribution in [0.2, 0.25) is 0 Å². The molecule has 0 saturated heterocycles. The van der Waals surface area contributed by atoms with Crippen molar-refractivity contribution in [1.29, 1.82) is 5.26 Å². The first-order valence-corrected chi connectivity index (χ1v) is 4.88. The van der Waals surface area contributed by atoms with Crippen LogP contribution >= 0.6 is 0 Å². The van der Waals surface area contributed by atoms with Crippen molar-refractivity contribution in [3.8, 4) is 6.07 Å². The summed E-state index contributed by atoms with van der Waals surface area (Å²) in [6, 6.07) is 5.94. The van der Waals surface area contributed by atoms with E-state index >= 15 is 0 Å². The van der Waals surface area contributed by atoms with E-state index in [2.05, 4.69) is 30.1 Å². The summed E-state index contributed by atoms with van der Waals surface area (Å²) in [6.45, 7) is 4.76. The molecule has 15 heavy (non-hydrogen) atoms. The highest BCUT2D eigenvalue weighted by Gasteiger charge is 2.11. The van der Waals surface area contributed by atoms with Gasteiger partial charge in [0.05, 0.1) is 12.5 Å². The molecule has 0 fully saturated rings. The molecule has 0 bridgehead atoms. The van der Waals surface area contributed by atoms with E-state index in [-0.39, 0.29) is 6.04 Å². The van der Waals surface area contributed by atoms with Crippen molar-refractivity contribution < 1.29 is 0 Å². The molecule has 0 spiro atoms. The maximum Gasteiger partial charge on any atom is 0.151 e. The van der Waals surface area contributed by atoms with Gasteiger partial charge < -0.3 is 10.6 Å². The minimum atomic E-state index is 0.288. The molecule has 0 aromatic carbocycles. The van der Waals surface area contributed by atoms with Crippen LogP contribution in [0.5, 0.6) is 0 Å². The number of nitrogen functional groups attached to an aromatic ring is 1. The van der Waals surface area contributed by atoms with E-state index in [4.69, 9.17) is 11.0 Å². The molecule has 80 valence electrons. The Morgan fingerprint density at radius 3 is 2.67 bits per heavy atom. The Kier molecular flexibility index (Phi) is 3.86. The topological polar surface area (TPSA) is 78.8 Å². The lowest BCUT2D eigenvalue weighted by molar-refractivity contribution is 0.671. The summed E-state index contributed by atoms with van der Waals surface area (Å²) in [5.41, 5.74) is 5.46. The Labute approximate surface area is 89.5 Å². The lowest BCUT2D eigenvalue weighted by atomic mass is 10.3. The maximum atomic E-state index is 8.56. The molecule has 2 N–H and O–H groups in total. The molecule has 0 aliphatic carbocycles. The molecule has 1 heterocycles. The average molecular weight is 205 g/mol. The summed E-state index contributed by atoms with van der Waals surface area (Å²) >= 11 is 0. The SMILES string of the molecule is CC(C)N(CCC#N)c1ccc(N)nn1. The fraction of sp³-hybridized carbons (Fsp3) is 0.500. The third-order valence-electron chi connectivity index (χ3n) is 2.05. The van der Waals surface area contributed by atoms with Gasteiger partial charge in [0.25, 0.3) is 0 Å². The number of nitrogens with two attached hydrogens (primary N) is 1. The molecule has 0 saturated carbocycles. The molecule has 5 nitrogen and oxygen atoms in total. The zero-order chi connectivity index (χ0) is 11.3. The summed E-state index contributed by atoms with van der Waals surface area (Å²) in [7, 11) is 0. The zero-order valence-electron chi connectivity index (χ0n) is 9.01. The normalized spacial score (nSPS) is 10.0. The van der Waals surface area contributed by atoms with Crippen LogP contribution in [-0.4, -0.2) is 22.8 Å². The maximum absolute atomic E-state index is 8.56. The highest BCUT2D eigenvalue weighted by molar-refractivity contribution is 5.42. The van der Waals surface area contributed by atoms with Crippen LogP contribution in [0, 0.1) is 11.3 Å². The monoisotopic (exact) mass is 205 g/mol. The van der Waals surface area contributed by atoms with Crippen molar-refractivity contribution in [1.82, 2.24) is 10.2 Å². The van der Waals surface area contributed by atoms with Crippen molar-refractivity contribution in [2.24, 2.45) is 0 Å². The molecule has 0 aliphatic heterocycles. The van der Waals surface area contributed by atoms with Gasteiger partial charge in [0.1, 0.15) is 5.82 Å². The van der Waals surface area contributed by atoms with Gasteiger partial charge >= 0.3 is 0 Å². The van der Waals surface area contributed by atoms with Crippen molar-refractivity contribution in [2.75, 3.05) is 17.2 Å². The third-order valence-corrected chi connectivity index (χ3v) is 2.05. The van der Waals surface area contributed by atoms with E-state index in [1.165, 1.54) is 0 Å². The number of hydrogen-bond donors (Lipinski definition) is 1. The number of aromatic nitrogens is 2. The van der Waals surface area contributed by atoms with Gasteiger partial charge in [-0.3, -0.25) is 0 Å². The molecule has 0 aliphatic rings. The Morgan fingerprint density at radius 1 is 1.47 bits per heavy atom. The first kappa shape index (κ1) is 11.2. The molecule has 0 radical (unpaired) electrons. The van der Waals surface area contributed by atoms with Crippen LogP contribution in [0.1, 0.15) is 20.3 Å². The summed E-state index contributed by atoms with van der Waals surface area (Å²) in [6.07, 6.45) is 0.476. The van der Waals surface area contributed by atoms with Crippen molar-refractivity contribution in [3.63, 3.8) is 0 Å². The molecular formula is C10H15N5. The second-order valence-electron chi connectivity index (χ2n) is 3.51. The van der Waals surface area contributed by atoms with Crippen LogP contribution in [0.3, 0.4) is 0 Å². The smallest absolute Gasteiger partial charge is 0.151 e. The number of nitrogens with zero attached hydrogens (tertiary/aromatic N) is 4. The minimum absolute atomic E-state index is 0.288. The molecule has 1 aromatic rings. The fourth-order valence-corrected chi connectivity index (χ4v) is 1.30. The summed E-state index contributed by atoms with van der Waals surface area (Å²) in [5.74, 6) is 1.16. The first-order valence-electron chi connectivity index (χ1n) is 4.88. The van der Waals surface area contributed by atoms with E-state index in [1.54, 1.807) is 6.07 Å². The molecular weight excluding hydrogens is 190 g/mol. The van der Waals surface area contributed by atoms with Gasteiger partial charge in [0, 0.05) is 12.6 Å². The van der Waals surface area contributed by atoms with Gasteiger partial charge in [-0.1, -0.05) is 0 Å². The van der Waals surface area contributed by atoms with Crippen LogP contribution < -0.4 is 10.6 Å². The predicted molar refractivity (Wildman–Crippen MR) is 59.2 cm³/mol. The number of hydrogen-bond acceptors (Lipinski definition) is 5. The van der Waals surface area contributed by atoms with Crippen LogP contribution in [0.25, 0.3) is 0 Å². The van der Waals surface area contributed by atoms with Crippen molar-refractivity contribution in [3.05, 3.63) is 12.1 Å². The molecule has 0 amide bonds. The van der Waals surface area contributed by atoms with Crippen molar-refractivity contribution in [2.45, 2.75) is 26.3 Å². The van der Waals surface area contributed by atoms with E-state index < -0.39 is 0 Å². The van der Waals surface area contributed by atoms with Crippen LogP contribution in [0.15, 0.2) is 12.1 Å². The van der Waals surface area contributed by atoms with Gasteiger partial charge in [-0.2, -0.15) is 5.26 Å². The molecule has 0 atom stereocenters. The highest BCUT2D eigenvalue weighted by Crippen LogP contribution is 2.13. The average Bonchev–Trinajstić information content (AvgIpc) is 2.21. The quantitative estimate of drug-likeness (QED) is 0.798. The standard InChI is InChI=1S/C10H15N5/c1-8(2)15(7-3-6-11)10-5-4-9(12)13-14-10/h4-5,8H,3,7H2,1-2H3,(H2,12,13). The Morgan fingerprint density at radius 2 is 2.20 bits per heavy atom. The summed E-state index contributed by atoms with van der Waals surface area (Å²) in [4.78, 5) is 2.02. The Balaban J connectivity index is 2.80. The fourth-order valence-electron chi connectivity index (χ4n) is 1.30. The second-order valence-corrected chi connectivity index (χ2v) is 3.51.